The first-order valence-electron chi connectivity index (χ1n) is 6.82. The van der Waals surface area contributed by atoms with Crippen molar-refractivity contribution in [1.29, 1.82) is 0 Å². The van der Waals surface area contributed by atoms with Gasteiger partial charge in [0.05, 0.1) is 5.60 Å². The van der Waals surface area contributed by atoms with Crippen LogP contribution in [0.1, 0.15) is 45.4 Å². The molecule has 3 unspecified atom stereocenters. The smallest absolute Gasteiger partial charge is 0.0700 e. The summed E-state index contributed by atoms with van der Waals surface area (Å²) in [6, 6.07) is 0.580. The molecule has 3 nitrogen and oxygen atoms in total. The van der Waals surface area contributed by atoms with Gasteiger partial charge in [-0.25, -0.2) is 0 Å². The summed E-state index contributed by atoms with van der Waals surface area (Å²) in [5.74, 6) is 0.509. The molecular weight excluding hydrogens is 200 g/mol. The minimum atomic E-state index is -0.336. The van der Waals surface area contributed by atoms with Crippen LogP contribution in [0, 0.1) is 5.92 Å². The molecule has 3 heteroatoms. The summed E-state index contributed by atoms with van der Waals surface area (Å²) < 4.78 is 0. The second-order valence-corrected chi connectivity index (χ2v) is 5.72. The maximum Gasteiger partial charge on any atom is 0.0700 e. The van der Waals surface area contributed by atoms with E-state index in [1.165, 1.54) is 19.3 Å². The molecule has 1 aliphatic heterocycles. The third-order valence-electron chi connectivity index (χ3n) is 4.67. The molecule has 0 aromatic heterocycles. The topological polar surface area (TPSA) is 49.5 Å². The van der Waals surface area contributed by atoms with Crippen LogP contribution in [0.4, 0.5) is 0 Å². The van der Waals surface area contributed by atoms with Crippen molar-refractivity contribution in [3.8, 4) is 0 Å². The number of rotatable bonds is 3. The Labute approximate surface area is 99.0 Å². The van der Waals surface area contributed by atoms with Gasteiger partial charge in [0.25, 0.3) is 0 Å². The number of aliphatic hydroxyl groups is 1. The van der Waals surface area contributed by atoms with Gasteiger partial charge < -0.3 is 15.7 Å². The molecule has 1 saturated carbocycles. The number of hydrogen-bond donors (Lipinski definition) is 2. The number of nitrogens with two attached hydrogens (primary N) is 1. The Bertz CT molecular complexity index is 234. The van der Waals surface area contributed by atoms with Crippen molar-refractivity contribution in [2.75, 3.05) is 19.6 Å². The first kappa shape index (κ1) is 12.3. The van der Waals surface area contributed by atoms with Gasteiger partial charge in [0.15, 0.2) is 0 Å². The Morgan fingerprint density at radius 3 is 3.00 bits per heavy atom. The van der Waals surface area contributed by atoms with Gasteiger partial charge in [-0.15, -0.1) is 0 Å². The van der Waals surface area contributed by atoms with Gasteiger partial charge in [0.1, 0.15) is 0 Å². The zero-order chi connectivity index (χ0) is 11.6. The number of fused-ring (bicyclic) bond motifs is 1. The molecule has 0 amide bonds. The first-order chi connectivity index (χ1) is 7.65. The van der Waals surface area contributed by atoms with E-state index in [2.05, 4.69) is 11.8 Å². The highest BCUT2D eigenvalue weighted by Crippen LogP contribution is 2.40. The summed E-state index contributed by atoms with van der Waals surface area (Å²) in [6.45, 7) is 5.17. The van der Waals surface area contributed by atoms with E-state index in [-0.39, 0.29) is 5.60 Å². The van der Waals surface area contributed by atoms with Crippen LogP contribution in [0.15, 0.2) is 0 Å². The fourth-order valence-electron chi connectivity index (χ4n) is 3.42. The molecule has 1 saturated heterocycles. The van der Waals surface area contributed by atoms with Crippen molar-refractivity contribution in [1.82, 2.24) is 4.90 Å². The van der Waals surface area contributed by atoms with Crippen LogP contribution >= 0.6 is 0 Å². The molecule has 0 spiro atoms. The van der Waals surface area contributed by atoms with Gasteiger partial charge in [-0.2, -0.15) is 0 Å². The normalized spacial score (nSPS) is 38.1. The summed E-state index contributed by atoms with van der Waals surface area (Å²) in [5, 5.41) is 10.6. The number of likely N-dealkylation sites (tertiary alicyclic amines) is 1. The fraction of sp³-hybridized carbons (Fsp3) is 1.00. The molecule has 2 fully saturated rings. The fourth-order valence-corrected chi connectivity index (χ4v) is 3.42. The molecule has 1 aliphatic carbocycles. The Morgan fingerprint density at radius 2 is 2.25 bits per heavy atom. The van der Waals surface area contributed by atoms with Crippen molar-refractivity contribution in [2.45, 2.75) is 57.1 Å². The van der Waals surface area contributed by atoms with Crippen molar-refractivity contribution in [3.63, 3.8) is 0 Å². The molecule has 3 atom stereocenters. The molecule has 0 bridgehead atoms. The lowest BCUT2D eigenvalue weighted by Gasteiger charge is -2.49. The Kier molecular flexibility index (Phi) is 3.88. The quantitative estimate of drug-likeness (QED) is 0.764. The summed E-state index contributed by atoms with van der Waals surface area (Å²) in [4.78, 5) is 2.53. The molecule has 0 radical (unpaired) electrons. The molecule has 94 valence electrons. The maximum absolute atomic E-state index is 10.6. The van der Waals surface area contributed by atoms with E-state index < -0.39 is 0 Å². The molecule has 1 heterocycles. The largest absolute Gasteiger partial charge is 0.390 e. The summed E-state index contributed by atoms with van der Waals surface area (Å²) in [7, 11) is 0. The van der Waals surface area contributed by atoms with Crippen LogP contribution in [0.3, 0.4) is 0 Å². The van der Waals surface area contributed by atoms with E-state index in [1.54, 1.807) is 0 Å². The van der Waals surface area contributed by atoms with E-state index >= 15 is 0 Å². The van der Waals surface area contributed by atoms with Crippen molar-refractivity contribution >= 4 is 0 Å². The van der Waals surface area contributed by atoms with E-state index in [0.717, 1.165) is 38.9 Å². The Morgan fingerprint density at radius 1 is 1.44 bits per heavy atom. The Hall–Kier alpha value is -0.120. The lowest BCUT2D eigenvalue weighted by Crippen LogP contribution is -2.55. The third kappa shape index (κ3) is 2.41. The predicted octanol–water partition coefficient (Wildman–Crippen LogP) is 1.35. The van der Waals surface area contributed by atoms with Gasteiger partial charge in [-0.3, -0.25) is 0 Å². The predicted molar refractivity (Wildman–Crippen MR) is 66.2 cm³/mol. The van der Waals surface area contributed by atoms with E-state index in [4.69, 9.17) is 5.73 Å². The standard InChI is InChI=1S/C13H26N2O/c1-11(5-8-14)15-9-7-13(16)6-3-2-4-12(13)10-15/h11-12,16H,2-10,14H2,1H3. The summed E-state index contributed by atoms with van der Waals surface area (Å²) in [5.41, 5.74) is 5.28. The minimum absolute atomic E-state index is 0.336. The van der Waals surface area contributed by atoms with E-state index in [0.29, 0.717) is 12.0 Å². The molecular formula is C13H26N2O. The van der Waals surface area contributed by atoms with Gasteiger partial charge in [0, 0.05) is 25.0 Å². The third-order valence-corrected chi connectivity index (χ3v) is 4.67. The molecule has 3 N–H and O–H groups in total. The maximum atomic E-state index is 10.6. The lowest BCUT2D eigenvalue weighted by molar-refractivity contribution is -0.101. The first-order valence-corrected chi connectivity index (χ1v) is 6.82. The van der Waals surface area contributed by atoms with E-state index in [1.807, 2.05) is 0 Å². The zero-order valence-electron chi connectivity index (χ0n) is 10.5. The molecule has 0 aromatic rings. The number of nitrogens with zero attached hydrogens (tertiary/aromatic N) is 1. The number of piperidine rings is 1. The monoisotopic (exact) mass is 226 g/mol. The summed E-state index contributed by atoms with van der Waals surface area (Å²) >= 11 is 0. The van der Waals surface area contributed by atoms with Crippen LogP contribution in [-0.4, -0.2) is 41.3 Å². The van der Waals surface area contributed by atoms with Crippen LogP contribution in [0.25, 0.3) is 0 Å². The average molecular weight is 226 g/mol. The highest BCUT2D eigenvalue weighted by molar-refractivity contribution is 4.96. The molecule has 2 aliphatic rings. The van der Waals surface area contributed by atoms with Crippen LogP contribution in [0.5, 0.6) is 0 Å². The molecule has 16 heavy (non-hydrogen) atoms. The SMILES string of the molecule is CC(CCN)N1CCC2(O)CCCCC2C1. The van der Waals surface area contributed by atoms with Crippen molar-refractivity contribution in [3.05, 3.63) is 0 Å². The second-order valence-electron chi connectivity index (χ2n) is 5.72. The zero-order valence-corrected chi connectivity index (χ0v) is 10.5. The van der Waals surface area contributed by atoms with Crippen molar-refractivity contribution < 1.29 is 5.11 Å². The van der Waals surface area contributed by atoms with Crippen LogP contribution < -0.4 is 5.73 Å². The Balaban J connectivity index is 1.94. The minimum Gasteiger partial charge on any atom is -0.390 e. The summed E-state index contributed by atoms with van der Waals surface area (Å²) in [6.07, 6.45) is 6.79. The highest BCUT2D eigenvalue weighted by atomic mass is 16.3. The van der Waals surface area contributed by atoms with Gasteiger partial charge in [-0.1, -0.05) is 12.8 Å². The van der Waals surface area contributed by atoms with Gasteiger partial charge in [0.2, 0.25) is 0 Å². The lowest BCUT2D eigenvalue weighted by atomic mass is 9.71. The van der Waals surface area contributed by atoms with E-state index in [9.17, 15) is 5.11 Å². The van der Waals surface area contributed by atoms with Crippen LogP contribution in [-0.2, 0) is 0 Å². The molecule has 0 aromatic carbocycles. The average Bonchev–Trinajstić information content (AvgIpc) is 2.28. The highest BCUT2D eigenvalue weighted by Gasteiger charge is 2.43. The molecule has 2 rings (SSSR count). The number of hydrogen-bond acceptors (Lipinski definition) is 3. The van der Waals surface area contributed by atoms with Crippen molar-refractivity contribution in [2.24, 2.45) is 11.7 Å². The van der Waals surface area contributed by atoms with Gasteiger partial charge in [-0.05, 0) is 39.2 Å². The second kappa shape index (κ2) is 5.03. The van der Waals surface area contributed by atoms with Crippen LogP contribution in [0.2, 0.25) is 0 Å². The van der Waals surface area contributed by atoms with Gasteiger partial charge >= 0.3 is 0 Å².